The van der Waals surface area contributed by atoms with Gasteiger partial charge in [-0.05, 0) is 43.0 Å². The van der Waals surface area contributed by atoms with Gasteiger partial charge in [-0.25, -0.2) is 0 Å². The summed E-state index contributed by atoms with van der Waals surface area (Å²) in [6, 6.07) is 5.83. The van der Waals surface area contributed by atoms with Crippen LogP contribution in [0, 0.1) is 5.92 Å². The van der Waals surface area contributed by atoms with E-state index in [4.69, 9.17) is 4.74 Å². The van der Waals surface area contributed by atoms with Crippen LogP contribution in [0.15, 0.2) is 18.2 Å². The molecule has 0 saturated carbocycles. The molecule has 0 aromatic heterocycles. The zero-order chi connectivity index (χ0) is 13.8. The van der Waals surface area contributed by atoms with Crippen molar-refractivity contribution in [2.24, 2.45) is 5.92 Å². The highest BCUT2D eigenvalue weighted by molar-refractivity contribution is 5.94. The van der Waals surface area contributed by atoms with Crippen LogP contribution in [-0.4, -0.2) is 31.3 Å². The molecule has 1 amide bonds. The highest BCUT2D eigenvalue weighted by Crippen LogP contribution is 2.29. The third-order valence-corrected chi connectivity index (χ3v) is 3.67. The summed E-state index contributed by atoms with van der Waals surface area (Å²) >= 11 is 0. The summed E-state index contributed by atoms with van der Waals surface area (Å²) in [4.78, 5) is 13.8. The molecule has 0 fully saturated rings. The maximum Gasteiger partial charge on any atom is 0.232 e. The first kappa shape index (κ1) is 13.9. The minimum atomic E-state index is -0.322. The lowest BCUT2D eigenvalue weighted by Crippen LogP contribution is -2.34. The number of hydrogen-bond acceptors (Lipinski definition) is 3. The average Bonchev–Trinajstić information content (AvgIpc) is 2.47. The molecule has 1 atom stereocenters. The first-order valence-corrected chi connectivity index (χ1v) is 6.81. The number of amides is 1. The van der Waals surface area contributed by atoms with Gasteiger partial charge in [-0.1, -0.05) is 6.92 Å². The molecule has 1 unspecified atom stereocenters. The van der Waals surface area contributed by atoms with Gasteiger partial charge in [0.1, 0.15) is 5.75 Å². The SMILES string of the molecule is CCC(CO)C(=O)N(C)c1ccc2c(c1)CCCO2. The van der Waals surface area contributed by atoms with Crippen molar-refractivity contribution in [3.8, 4) is 5.75 Å². The number of ether oxygens (including phenoxy) is 1. The van der Waals surface area contributed by atoms with Gasteiger partial charge in [0.2, 0.25) is 5.91 Å². The second kappa shape index (κ2) is 6.06. The molecule has 0 saturated heterocycles. The van der Waals surface area contributed by atoms with E-state index in [0.717, 1.165) is 36.4 Å². The zero-order valence-corrected chi connectivity index (χ0v) is 11.6. The van der Waals surface area contributed by atoms with E-state index in [2.05, 4.69) is 0 Å². The quantitative estimate of drug-likeness (QED) is 0.904. The van der Waals surface area contributed by atoms with Crippen LogP contribution in [0.3, 0.4) is 0 Å². The lowest BCUT2D eigenvalue weighted by atomic mass is 10.0. The number of carbonyl (C=O) groups is 1. The van der Waals surface area contributed by atoms with Crippen molar-refractivity contribution in [1.29, 1.82) is 0 Å². The maximum absolute atomic E-state index is 12.2. The van der Waals surface area contributed by atoms with Gasteiger partial charge in [-0.15, -0.1) is 0 Å². The highest BCUT2D eigenvalue weighted by Gasteiger charge is 2.21. The molecule has 1 heterocycles. The third-order valence-electron chi connectivity index (χ3n) is 3.67. The summed E-state index contributed by atoms with van der Waals surface area (Å²) in [5, 5.41) is 9.22. The second-order valence-electron chi connectivity index (χ2n) is 4.93. The number of anilines is 1. The van der Waals surface area contributed by atoms with Crippen LogP contribution in [0.1, 0.15) is 25.3 Å². The first-order valence-electron chi connectivity index (χ1n) is 6.81. The van der Waals surface area contributed by atoms with Gasteiger partial charge in [0.25, 0.3) is 0 Å². The van der Waals surface area contributed by atoms with Crippen molar-refractivity contribution in [2.45, 2.75) is 26.2 Å². The average molecular weight is 263 g/mol. The third kappa shape index (κ3) is 2.89. The molecular formula is C15H21NO3. The minimum Gasteiger partial charge on any atom is -0.493 e. The maximum atomic E-state index is 12.2. The Kier molecular flexibility index (Phi) is 4.43. The van der Waals surface area contributed by atoms with Crippen molar-refractivity contribution < 1.29 is 14.6 Å². The van der Waals surface area contributed by atoms with Crippen molar-refractivity contribution in [1.82, 2.24) is 0 Å². The Morgan fingerprint density at radius 3 is 3.00 bits per heavy atom. The van der Waals surface area contributed by atoms with Crippen LogP contribution in [0.2, 0.25) is 0 Å². The van der Waals surface area contributed by atoms with Gasteiger partial charge in [0, 0.05) is 12.7 Å². The smallest absolute Gasteiger partial charge is 0.232 e. The molecule has 0 radical (unpaired) electrons. The van der Waals surface area contributed by atoms with Gasteiger partial charge in [-0.2, -0.15) is 0 Å². The fourth-order valence-electron chi connectivity index (χ4n) is 2.34. The first-order chi connectivity index (χ1) is 9.17. The molecule has 0 aliphatic carbocycles. The Morgan fingerprint density at radius 2 is 2.32 bits per heavy atom. The Hall–Kier alpha value is -1.55. The molecular weight excluding hydrogens is 242 g/mol. The largest absolute Gasteiger partial charge is 0.493 e. The molecule has 4 heteroatoms. The topological polar surface area (TPSA) is 49.8 Å². The van der Waals surface area contributed by atoms with Gasteiger partial charge in [-0.3, -0.25) is 4.79 Å². The minimum absolute atomic E-state index is 0.0401. The molecule has 1 aliphatic heterocycles. The number of fused-ring (bicyclic) bond motifs is 1. The van der Waals surface area contributed by atoms with Gasteiger partial charge in [0.05, 0.1) is 19.1 Å². The number of rotatable bonds is 4. The summed E-state index contributed by atoms with van der Waals surface area (Å²) in [6.45, 7) is 2.57. The fraction of sp³-hybridized carbons (Fsp3) is 0.533. The lowest BCUT2D eigenvalue weighted by Gasteiger charge is -2.24. The van der Waals surface area contributed by atoms with Crippen molar-refractivity contribution in [3.05, 3.63) is 23.8 Å². The van der Waals surface area contributed by atoms with Crippen LogP contribution in [0.25, 0.3) is 0 Å². The fourth-order valence-corrected chi connectivity index (χ4v) is 2.34. The van der Waals surface area contributed by atoms with Crippen LogP contribution < -0.4 is 9.64 Å². The van der Waals surface area contributed by atoms with Gasteiger partial charge in [0.15, 0.2) is 0 Å². The summed E-state index contributed by atoms with van der Waals surface area (Å²) < 4.78 is 5.57. The van der Waals surface area contributed by atoms with Crippen LogP contribution in [0.5, 0.6) is 5.75 Å². The Balaban J connectivity index is 2.19. The highest BCUT2D eigenvalue weighted by atomic mass is 16.5. The molecule has 4 nitrogen and oxygen atoms in total. The van der Waals surface area contributed by atoms with Crippen LogP contribution in [0.4, 0.5) is 5.69 Å². The van der Waals surface area contributed by atoms with Gasteiger partial charge >= 0.3 is 0 Å². The van der Waals surface area contributed by atoms with E-state index >= 15 is 0 Å². The molecule has 0 spiro atoms. The molecule has 19 heavy (non-hydrogen) atoms. The number of aliphatic hydroxyl groups excluding tert-OH is 1. The molecule has 1 N–H and O–H groups in total. The van der Waals surface area contributed by atoms with E-state index in [9.17, 15) is 9.90 Å². The van der Waals surface area contributed by atoms with E-state index in [1.807, 2.05) is 25.1 Å². The van der Waals surface area contributed by atoms with E-state index in [-0.39, 0.29) is 18.4 Å². The van der Waals surface area contributed by atoms with E-state index in [1.165, 1.54) is 0 Å². The number of carbonyl (C=O) groups excluding carboxylic acids is 1. The Labute approximate surface area is 114 Å². The van der Waals surface area contributed by atoms with Crippen molar-refractivity contribution in [3.63, 3.8) is 0 Å². The molecule has 1 aromatic rings. The Morgan fingerprint density at radius 1 is 1.53 bits per heavy atom. The molecule has 2 rings (SSSR count). The normalized spacial score (nSPS) is 15.3. The number of aliphatic hydroxyl groups is 1. The number of nitrogens with zero attached hydrogens (tertiary/aromatic N) is 1. The zero-order valence-electron chi connectivity index (χ0n) is 11.6. The standard InChI is InChI=1S/C15H21NO3/c1-3-11(10-17)15(18)16(2)13-6-7-14-12(9-13)5-4-8-19-14/h6-7,9,11,17H,3-5,8,10H2,1-2H3. The lowest BCUT2D eigenvalue weighted by molar-refractivity contribution is -0.123. The van der Waals surface area contributed by atoms with Crippen molar-refractivity contribution in [2.75, 3.05) is 25.2 Å². The predicted molar refractivity (Wildman–Crippen MR) is 74.5 cm³/mol. The van der Waals surface area contributed by atoms with E-state index in [0.29, 0.717) is 6.42 Å². The summed E-state index contributed by atoms with van der Waals surface area (Å²) in [7, 11) is 1.76. The van der Waals surface area contributed by atoms with E-state index in [1.54, 1.807) is 11.9 Å². The van der Waals surface area contributed by atoms with Gasteiger partial charge < -0.3 is 14.7 Å². The second-order valence-corrected chi connectivity index (χ2v) is 4.93. The van der Waals surface area contributed by atoms with Crippen LogP contribution >= 0.6 is 0 Å². The van der Waals surface area contributed by atoms with Crippen LogP contribution in [-0.2, 0) is 11.2 Å². The molecule has 104 valence electrons. The number of benzene rings is 1. The van der Waals surface area contributed by atoms with E-state index < -0.39 is 0 Å². The monoisotopic (exact) mass is 263 g/mol. The summed E-state index contributed by atoms with van der Waals surface area (Å²) in [6.07, 6.45) is 2.65. The summed E-state index contributed by atoms with van der Waals surface area (Å²) in [5.74, 6) is 0.559. The molecule has 1 aromatic carbocycles. The number of aryl methyl sites for hydroxylation is 1. The van der Waals surface area contributed by atoms with Crippen molar-refractivity contribution >= 4 is 11.6 Å². The molecule has 1 aliphatic rings. The number of hydrogen-bond donors (Lipinski definition) is 1. The predicted octanol–water partition coefficient (Wildman–Crippen LogP) is 1.99. The Bertz CT molecular complexity index is 455. The molecule has 0 bridgehead atoms. The summed E-state index contributed by atoms with van der Waals surface area (Å²) in [5.41, 5.74) is 2.02.